The molecule has 0 aliphatic carbocycles. The Hall–Kier alpha value is -2.76. The number of benzene rings is 1. The number of aryl methyl sites for hydroxylation is 1. The number of ether oxygens (including phenoxy) is 2. The standard InChI is InChI=1S/C15H14N4O2/c1-3-20-14-17-10(2)18-15(19-14)21-13-5-4-12-9-16-7-6-11(12)8-13/h4-9H,3H2,1-2H3. The molecule has 3 aromatic rings. The van der Waals surface area contributed by atoms with E-state index in [0.29, 0.717) is 18.2 Å². The van der Waals surface area contributed by atoms with E-state index in [1.165, 1.54) is 0 Å². The second-order valence-electron chi connectivity index (χ2n) is 4.37. The first-order valence-electron chi connectivity index (χ1n) is 6.61. The first-order valence-corrected chi connectivity index (χ1v) is 6.61. The monoisotopic (exact) mass is 282 g/mol. The Morgan fingerprint density at radius 3 is 2.71 bits per heavy atom. The number of nitrogens with zero attached hydrogens (tertiary/aromatic N) is 4. The fraction of sp³-hybridized carbons (Fsp3) is 0.200. The van der Waals surface area contributed by atoms with Crippen molar-refractivity contribution < 1.29 is 9.47 Å². The zero-order valence-electron chi connectivity index (χ0n) is 11.8. The number of aromatic nitrogens is 4. The zero-order chi connectivity index (χ0) is 14.7. The van der Waals surface area contributed by atoms with Crippen LogP contribution in [0.25, 0.3) is 10.8 Å². The van der Waals surface area contributed by atoms with Crippen molar-refractivity contribution in [1.82, 2.24) is 19.9 Å². The third kappa shape index (κ3) is 3.05. The molecule has 2 aromatic heterocycles. The number of pyridine rings is 1. The third-order valence-electron chi connectivity index (χ3n) is 2.80. The summed E-state index contributed by atoms with van der Waals surface area (Å²) >= 11 is 0. The predicted octanol–water partition coefficient (Wildman–Crippen LogP) is 2.92. The molecular formula is C15H14N4O2. The van der Waals surface area contributed by atoms with Gasteiger partial charge in [-0.1, -0.05) is 0 Å². The molecule has 6 heteroatoms. The third-order valence-corrected chi connectivity index (χ3v) is 2.80. The molecule has 2 heterocycles. The Labute approximate surface area is 121 Å². The molecule has 0 aliphatic rings. The molecule has 0 bridgehead atoms. The molecular weight excluding hydrogens is 268 g/mol. The Balaban J connectivity index is 1.90. The van der Waals surface area contributed by atoms with Gasteiger partial charge in [-0.15, -0.1) is 4.98 Å². The fourth-order valence-corrected chi connectivity index (χ4v) is 1.90. The Morgan fingerprint density at radius 2 is 1.86 bits per heavy atom. The molecule has 21 heavy (non-hydrogen) atoms. The Kier molecular flexibility index (Phi) is 3.59. The van der Waals surface area contributed by atoms with Crippen molar-refractivity contribution in [3.63, 3.8) is 0 Å². The van der Waals surface area contributed by atoms with Gasteiger partial charge in [-0.25, -0.2) is 0 Å². The highest BCUT2D eigenvalue weighted by atomic mass is 16.5. The van der Waals surface area contributed by atoms with E-state index in [1.807, 2.05) is 31.2 Å². The van der Waals surface area contributed by atoms with Gasteiger partial charge < -0.3 is 9.47 Å². The maximum atomic E-state index is 5.69. The minimum Gasteiger partial charge on any atom is -0.464 e. The summed E-state index contributed by atoms with van der Waals surface area (Å²) < 4.78 is 11.0. The van der Waals surface area contributed by atoms with Crippen molar-refractivity contribution in [2.24, 2.45) is 0 Å². The van der Waals surface area contributed by atoms with Crippen molar-refractivity contribution in [2.75, 3.05) is 6.61 Å². The minimum absolute atomic E-state index is 0.222. The van der Waals surface area contributed by atoms with E-state index in [-0.39, 0.29) is 12.0 Å². The summed E-state index contributed by atoms with van der Waals surface area (Å²) in [5.41, 5.74) is 0. The molecule has 0 aliphatic heterocycles. The van der Waals surface area contributed by atoms with Crippen LogP contribution in [0.5, 0.6) is 17.8 Å². The van der Waals surface area contributed by atoms with Crippen LogP contribution < -0.4 is 9.47 Å². The van der Waals surface area contributed by atoms with Crippen LogP contribution in [0.1, 0.15) is 12.7 Å². The molecule has 0 saturated heterocycles. The van der Waals surface area contributed by atoms with E-state index < -0.39 is 0 Å². The molecule has 0 saturated carbocycles. The molecule has 0 radical (unpaired) electrons. The van der Waals surface area contributed by atoms with Gasteiger partial charge in [0.25, 0.3) is 0 Å². The summed E-state index contributed by atoms with van der Waals surface area (Å²) in [4.78, 5) is 16.4. The predicted molar refractivity (Wildman–Crippen MR) is 77.6 cm³/mol. The van der Waals surface area contributed by atoms with Gasteiger partial charge in [0.05, 0.1) is 6.61 Å². The summed E-state index contributed by atoms with van der Waals surface area (Å²) in [5.74, 6) is 1.20. The van der Waals surface area contributed by atoms with Crippen LogP contribution in [0.4, 0.5) is 0 Å². The normalized spacial score (nSPS) is 10.6. The van der Waals surface area contributed by atoms with Gasteiger partial charge in [0.1, 0.15) is 11.6 Å². The van der Waals surface area contributed by atoms with Crippen LogP contribution in [0.15, 0.2) is 36.7 Å². The van der Waals surface area contributed by atoms with Crippen LogP contribution in [-0.2, 0) is 0 Å². The highest BCUT2D eigenvalue weighted by Gasteiger charge is 2.07. The van der Waals surface area contributed by atoms with Crippen molar-refractivity contribution in [1.29, 1.82) is 0 Å². The number of hydrogen-bond donors (Lipinski definition) is 0. The maximum absolute atomic E-state index is 5.69. The lowest BCUT2D eigenvalue weighted by Crippen LogP contribution is -2.03. The largest absolute Gasteiger partial charge is 0.464 e. The lowest BCUT2D eigenvalue weighted by Gasteiger charge is -2.07. The number of rotatable bonds is 4. The van der Waals surface area contributed by atoms with Crippen molar-refractivity contribution in [3.05, 3.63) is 42.5 Å². The van der Waals surface area contributed by atoms with E-state index in [4.69, 9.17) is 9.47 Å². The lowest BCUT2D eigenvalue weighted by molar-refractivity contribution is 0.301. The van der Waals surface area contributed by atoms with Crippen molar-refractivity contribution >= 4 is 10.8 Å². The van der Waals surface area contributed by atoms with Gasteiger partial charge in [0.2, 0.25) is 0 Å². The van der Waals surface area contributed by atoms with E-state index in [2.05, 4.69) is 19.9 Å². The molecule has 0 atom stereocenters. The fourth-order valence-electron chi connectivity index (χ4n) is 1.90. The van der Waals surface area contributed by atoms with Gasteiger partial charge in [-0.05, 0) is 43.5 Å². The van der Waals surface area contributed by atoms with Crippen LogP contribution >= 0.6 is 0 Å². The first kappa shape index (κ1) is 13.2. The van der Waals surface area contributed by atoms with Gasteiger partial charge >= 0.3 is 12.0 Å². The van der Waals surface area contributed by atoms with Gasteiger partial charge in [0, 0.05) is 17.8 Å². The molecule has 0 spiro atoms. The quantitative estimate of drug-likeness (QED) is 0.732. The van der Waals surface area contributed by atoms with Gasteiger partial charge in [-0.3, -0.25) is 4.98 Å². The van der Waals surface area contributed by atoms with Gasteiger partial charge in [-0.2, -0.15) is 9.97 Å². The van der Waals surface area contributed by atoms with Crippen LogP contribution in [0.2, 0.25) is 0 Å². The summed E-state index contributed by atoms with van der Waals surface area (Å²) in [6, 6.07) is 8.12. The summed E-state index contributed by atoms with van der Waals surface area (Å²) in [7, 11) is 0. The van der Waals surface area contributed by atoms with Gasteiger partial charge in [0.15, 0.2) is 0 Å². The smallest absolute Gasteiger partial charge is 0.328 e. The molecule has 0 N–H and O–H groups in total. The second kappa shape index (κ2) is 5.70. The summed E-state index contributed by atoms with van der Waals surface area (Å²) in [5, 5.41) is 2.09. The Bertz CT molecular complexity index is 776. The van der Waals surface area contributed by atoms with Crippen LogP contribution in [0, 0.1) is 6.92 Å². The van der Waals surface area contributed by atoms with E-state index in [9.17, 15) is 0 Å². The minimum atomic E-state index is 0.222. The number of hydrogen-bond acceptors (Lipinski definition) is 6. The van der Waals surface area contributed by atoms with E-state index in [1.54, 1.807) is 19.3 Å². The van der Waals surface area contributed by atoms with Crippen LogP contribution in [-0.4, -0.2) is 26.5 Å². The average Bonchev–Trinajstić information content (AvgIpc) is 2.47. The highest BCUT2D eigenvalue weighted by Crippen LogP contribution is 2.23. The van der Waals surface area contributed by atoms with Crippen molar-refractivity contribution in [2.45, 2.75) is 13.8 Å². The topological polar surface area (TPSA) is 70.0 Å². The van der Waals surface area contributed by atoms with E-state index in [0.717, 1.165) is 10.8 Å². The molecule has 0 amide bonds. The second-order valence-corrected chi connectivity index (χ2v) is 4.37. The van der Waals surface area contributed by atoms with Crippen LogP contribution in [0.3, 0.4) is 0 Å². The molecule has 0 unspecified atom stereocenters. The summed E-state index contributed by atoms with van der Waals surface area (Å²) in [6.07, 6.45) is 3.55. The highest BCUT2D eigenvalue weighted by molar-refractivity contribution is 5.82. The number of fused-ring (bicyclic) bond motifs is 1. The Morgan fingerprint density at radius 1 is 1.00 bits per heavy atom. The maximum Gasteiger partial charge on any atom is 0.328 e. The molecule has 6 nitrogen and oxygen atoms in total. The van der Waals surface area contributed by atoms with E-state index >= 15 is 0 Å². The average molecular weight is 282 g/mol. The van der Waals surface area contributed by atoms with Crippen molar-refractivity contribution in [3.8, 4) is 17.8 Å². The summed E-state index contributed by atoms with van der Waals surface area (Å²) in [6.45, 7) is 4.13. The zero-order valence-corrected chi connectivity index (χ0v) is 11.8. The SMILES string of the molecule is CCOc1nc(C)nc(Oc2ccc3cnccc3c2)n1. The molecule has 106 valence electrons. The molecule has 1 aromatic carbocycles. The molecule has 3 rings (SSSR count). The first-order chi connectivity index (χ1) is 10.2. The lowest BCUT2D eigenvalue weighted by atomic mass is 10.2. The molecule has 0 fully saturated rings.